The van der Waals surface area contributed by atoms with Gasteiger partial charge in [-0.2, -0.15) is 0 Å². The summed E-state index contributed by atoms with van der Waals surface area (Å²) in [6.07, 6.45) is 0.317. The number of rotatable bonds is 8. The van der Waals surface area contributed by atoms with Gasteiger partial charge in [-0.3, -0.25) is 0 Å². The lowest BCUT2D eigenvalue weighted by Crippen LogP contribution is -2.44. The van der Waals surface area contributed by atoms with Crippen LogP contribution in [0.3, 0.4) is 0 Å². The zero-order valence-corrected chi connectivity index (χ0v) is 15.4. The van der Waals surface area contributed by atoms with E-state index in [1.165, 1.54) is 0 Å². The molecular weight excluding hydrogens is 304 g/mol. The van der Waals surface area contributed by atoms with Gasteiger partial charge in [0.05, 0.1) is 18.3 Å². The van der Waals surface area contributed by atoms with Gasteiger partial charge in [-0.25, -0.2) is 0 Å². The second-order valence-corrected chi connectivity index (χ2v) is 6.93. The Balaban J connectivity index is 2.07. The maximum absolute atomic E-state index is 10.7. The fourth-order valence-electron chi connectivity index (χ4n) is 2.89. The molecule has 5 nitrogen and oxygen atoms in total. The second-order valence-electron chi connectivity index (χ2n) is 6.93. The van der Waals surface area contributed by atoms with E-state index < -0.39 is 6.10 Å². The molecule has 1 atom stereocenters. The Kier molecular flexibility index (Phi) is 7.34. The topological polar surface area (TPSA) is 54.0 Å². The van der Waals surface area contributed by atoms with E-state index >= 15 is 0 Å². The van der Waals surface area contributed by atoms with Crippen LogP contribution in [0.2, 0.25) is 0 Å². The summed E-state index contributed by atoms with van der Waals surface area (Å²) in [7, 11) is 0. The molecule has 0 saturated carbocycles. The third-order valence-corrected chi connectivity index (χ3v) is 4.00. The molecule has 1 aromatic rings. The van der Waals surface area contributed by atoms with Crippen molar-refractivity contribution in [1.82, 2.24) is 10.2 Å². The minimum absolute atomic E-state index is 0.0704. The predicted molar refractivity (Wildman–Crippen MR) is 96.9 cm³/mol. The number of aliphatic hydroxyl groups excluding tert-OH is 1. The summed E-state index contributed by atoms with van der Waals surface area (Å²) in [5.74, 6) is 1.52. The van der Waals surface area contributed by atoms with Gasteiger partial charge >= 0.3 is 0 Å². The molecule has 2 rings (SSSR count). The van der Waals surface area contributed by atoms with E-state index in [1.54, 1.807) is 0 Å². The molecule has 0 amide bonds. The standard InChI is InChI=1S/C19H32N2O3/c1-14(2)23-16-5-6-19(24-15(3)4)17(13-16)18(22)7-10-21-11-8-20-9-12-21/h5-6,13-15,18,20,22H,7-12H2,1-4H3. The lowest BCUT2D eigenvalue weighted by atomic mass is 10.0. The van der Waals surface area contributed by atoms with Crippen molar-refractivity contribution in [2.75, 3.05) is 32.7 Å². The lowest BCUT2D eigenvalue weighted by Gasteiger charge is -2.28. The Hall–Kier alpha value is -1.30. The van der Waals surface area contributed by atoms with Gasteiger partial charge in [0.15, 0.2) is 0 Å². The highest BCUT2D eigenvalue weighted by molar-refractivity contribution is 5.42. The smallest absolute Gasteiger partial charge is 0.125 e. The van der Waals surface area contributed by atoms with Crippen LogP contribution in [-0.4, -0.2) is 54.9 Å². The Labute approximate surface area is 146 Å². The van der Waals surface area contributed by atoms with Crippen molar-refractivity contribution in [3.63, 3.8) is 0 Å². The molecular formula is C19H32N2O3. The first-order valence-electron chi connectivity index (χ1n) is 9.04. The highest BCUT2D eigenvalue weighted by Gasteiger charge is 2.18. The van der Waals surface area contributed by atoms with Gasteiger partial charge in [-0.15, -0.1) is 0 Å². The number of ether oxygens (including phenoxy) is 2. The molecule has 1 fully saturated rings. The summed E-state index contributed by atoms with van der Waals surface area (Å²) in [6.45, 7) is 13.0. The molecule has 1 aliphatic rings. The van der Waals surface area contributed by atoms with Crippen molar-refractivity contribution in [2.45, 2.75) is 52.4 Å². The molecule has 136 valence electrons. The van der Waals surface area contributed by atoms with Crippen molar-refractivity contribution < 1.29 is 14.6 Å². The van der Waals surface area contributed by atoms with Crippen LogP contribution >= 0.6 is 0 Å². The van der Waals surface area contributed by atoms with E-state index in [0.717, 1.165) is 49.8 Å². The van der Waals surface area contributed by atoms with Crippen LogP contribution in [0, 0.1) is 0 Å². The van der Waals surface area contributed by atoms with E-state index in [-0.39, 0.29) is 12.2 Å². The molecule has 0 radical (unpaired) electrons. The number of hydrogen-bond acceptors (Lipinski definition) is 5. The van der Waals surface area contributed by atoms with E-state index in [1.807, 2.05) is 45.9 Å². The van der Waals surface area contributed by atoms with Crippen molar-refractivity contribution in [1.29, 1.82) is 0 Å². The Morgan fingerprint density at radius 1 is 1.08 bits per heavy atom. The van der Waals surface area contributed by atoms with E-state index in [4.69, 9.17) is 9.47 Å². The van der Waals surface area contributed by atoms with Gasteiger partial charge in [-0.05, 0) is 52.3 Å². The Morgan fingerprint density at radius 3 is 2.38 bits per heavy atom. The summed E-state index contributed by atoms with van der Waals surface area (Å²) in [6, 6.07) is 5.73. The molecule has 2 N–H and O–H groups in total. The zero-order valence-electron chi connectivity index (χ0n) is 15.4. The first-order valence-corrected chi connectivity index (χ1v) is 9.04. The molecule has 1 aliphatic heterocycles. The first-order chi connectivity index (χ1) is 11.5. The number of benzene rings is 1. The van der Waals surface area contributed by atoms with E-state index in [0.29, 0.717) is 6.42 Å². The van der Waals surface area contributed by atoms with Gasteiger partial charge in [-0.1, -0.05) is 0 Å². The highest BCUT2D eigenvalue weighted by Crippen LogP contribution is 2.32. The Morgan fingerprint density at radius 2 is 1.75 bits per heavy atom. The molecule has 24 heavy (non-hydrogen) atoms. The molecule has 1 aromatic carbocycles. The van der Waals surface area contributed by atoms with Crippen molar-refractivity contribution >= 4 is 0 Å². The van der Waals surface area contributed by atoms with Crippen molar-refractivity contribution in [3.05, 3.63) is 23.8 Å². The number of nitrogens with one attached hydrogen (secondary N) is 1. The number of piperazine rings is 1. The van der Waals surface area contributed by atoms with Crippen LogP contribution in [0.15, 0.2) is 18.2 Å². The van der Waals surface area contributed by atoms with Gasteiger partial charge in [0.25, 0.3) is 0 Å². The monoisotopic (exact) mass is 336 g/mol. The van der Waals surface area contributed by atoms with Crippen molar-refractivity contribution in [3.8, 4) is 11.5 Å². The summed E-state index contributed by atoms with van der Waals surface area (Å²) in [5.41, 5.74) is 0.817. The molecule has 0 aliphatic carbocycles. The van der Waals surface area contributed by atoms with Crippen LogP contribution in [0.25, 0.3) is 0 Å². The van der Waals surface area contributed by atoms with Crippen LogP contribution in [0.4, 0.5) is 0 Å². The average Bonchev–Trinajstić information content (AvgIpc) is 2.54. The average molecular weight is 336 g/mol. The summed E-state index contributed by atoms with van der Waals surface area (Å²) in [5, 5.41) is 14.1. The fourth-order valence-corrected chi connectivity index (χ4v) is 2.89. The van der Waals surface area contributed by atoms with E-state index in [2.05, 4.69) is 10.2 Å². The van der Waals surface area contributed by atoms with Gasteiger partial charge < -0.3 is 24.8 Å². The third kappa shape index (κ3) is 5.96. The molecule has 1 saturated heterocycles. The molecule has 5 heteroatoms. The van der Waals surface area contributed by atoms with E-state index in [9.17, 15) is 5.11 Å². The van der Waals surface area contributed by atoms with Gasteiger partial charge in [0.1, 0.15) is 11.5 Å². The SMILES string of the molecule is CC(C)Oc1ccc(OC(C)C)c(C(O)CCN2CCNCC2)c1. The molecule has 0 spiro atoms. The summed E-state index contributed by atoms with van der Waals surface area (Å²) in [4.78, 5) is 2.39. The summed E-state index contributed by atoms with van der Waals surface area (Å²) < 4.78 is 11.7. The molecule has 0 bridgehead atoms. The Bertz CT molecular complexity index is 499. The molecule has 1 heterocycles. The van der Waals surface area contributed by atoms with Gasteiger partial charge in [0, 0.05) is 38.3 Å². The number of nitrogens with zero attached hydrogens (tertiary/aromatic N) is 1. The zero-order chi connectivity index (χ0) is 17.5. The third-order valence-electron chi connectivity index (χ3n) is 4.00. The lowest BCUT2D eigenvalue weighted by molar-refractivity contribution is 0.130. The normalized spacial score (nSPS) is 17.3. The molecule has 0 aromatic heterocycles. The first kappa shape index (κ1) is 19.0. The van der Waals surface area contributed by atoms with Crippen LogP contribution in [0.1, 0.15) is 45.8 Å². The van der Waals surface area contributed by atoms with Gasteiger partial charge in [0.2, 0.25) is 0 Å². The molecule has 1 unspecified atom stereocenters. The van der Waals surface area contributed by atoms with Crippen LogP contribution < -0.4 is 14.8 Å². The second kappa shape index (κ2) is 9.25. The minimum Gasteiger partial charge on any atom is -0.491 e. The van der Waals surface area contributed by atoms with Crippen molar-refractivity contribution in [2.24, 2.45) is 0 Å². The van der Waals surface area contributed by atoms with Crippen LogP contribution in [0.5, 0.6) is 11.5 Å². The quantitative estimate of drug-likeness (QED) is 0.764. The summed E-state index contributed by atoms with van der Waals surface area (Å²) >= 11 is 0. The fraction of sp³-hybridized carbons (Fsp3) is 0.684. The number of aliphatic hydroxyl groups is 1. The largest absolute Gasteiger partial charge is 0.491 e. The highest BCUT2D eigenvalue weighted by atomic mass is 16.5. The van der Waals surface area contributed by atoms with Crippen LogP contribution in [-0.2, 0) is 0 Å². The number of hydrogen-bond donors (Lipinski definition) is 2. The maximum Gasteiger partial charge on any atom is 0.125 e. The minimum atomic E-state index is -0.552. The maximum atomic E-state index is 10.7. The predicted octanol–water partition coefficient (Wildman–Crippen LogP) is 2.59.